The first-order valence-electron chi connectivity index (χ1n) is 7.91. The number of ether oxygens (including phenoxy) is 2. The summed E-state index contributed by atoms with van der Waals surface area (Å²) in [6, 6.07) is 4.98. The average Bonchev–Trinajstić information content (AvgIpc) is 2.61. The van der Waals surface area contributed by atoms with E-state index in [1.165, 1.54) is 7.11 Å². The van der Waals surface area contributed by atoms with Crippen molar-refractivity contribution in [2.75, 3.05) is 19.0 Å². The fourth-order valence-electron chi connectivity index (χ4n) is 2.67. The number of carbonyl (C=O) groups excluding carboxylic acids is 2. The van der Waals surface area contributed by atoms with E-state index in [-0.39, 0.29) is 12.5 Å². The first kappa shape index (κ1) is 18.5. The topological polar surface area (TPSA) is 102 Å². The Kier molecular flexibility index (Phi) is 6.16. The molecule has 0 radical (unpaired) electrons. The van der Waals surface area contributed by atoms with Gasteiger partial charge in [-0.15, -0.1) is 0 Å². The zero-order valence-electron chi connectivity index (χ0n) is 14.2. The number of hydrogen-bond acceptors (Lipinski definition) is 5. The summed E-state index contributed by atoms with van der Waals surface area (Å²) in [6.45, 7) is 1.59. The first-order chi connectivity index (χ1) is 11.9. The van der Waals surface area contributed by atoms with E-state index in [1.807, 2.05) is 6.08 Å². The van der Waals surface area contributed by atoms with E-state index < -0.39 is 23.8 Å². The van der Waals surface area contributed by atoms with Gasteiger partial charge in [-0.05, 0) is 43.5 Å². The number of esters is 1. The third kappa shape index (κ3) is 4.82. The van der Waals surface area contributed by atoms with Crippen LogP contribution in [0.3, 0.4) is 0 Å². The predicted octanol–water partition coefficient (Wildman–Crippen LogP) is 2.15. The molecule has 0 fully saturated rings. The van der Waals surface area contributed by atoms with Gasteiger partial charge in [-0.1, -0.05) is 12.2 Å². The van der Waals surface area contributed by atoms with Gasteiger partial charge in [0.25, 0.3) is 0 Å². The number of aliphatic carboxylic acids is 1. The number of hydrogen-bond donors (Lipinski definition) is 2. The van der Waals surface area contributed by atoms with Crippen LogP contribution in [0.4, 0.5) is 5.69 Å². The quantitative estimate of drug-likeness (QED) is 0.604. The number of aryl methyl sites for hydroxylation is 1. The Balaban J connectivity index is 2.04. The van der Waals surface area contributed by atoms with Crippen molar-refractivity contribution in [1.82, 2.24) is 0 Å². The molecule has 2 rings (SSSR count). The number of nitrogens with one attached hydrogen (secondary N) is 1. The lowest BCUT2D eigenvalue weighted by atomic mass is 9.82. The standard InChI is InChI=1S/C18H21NO6/c1-11-9-12(25-10-16(20)24-2)7-8-15(11)19-17(21)13-5-3-4-6-14(13)18(22)23/h3-4,7-9,13-14H,5-6,10H2,1-2H3,(H,19,21)(H,22,23)/t13-,14+/m1/s1. The Morgan fingerprint density at radius 1 is 1.20 bits per heavy atom. The molecule has 2 N–H and O–H groups in total. The molecule has 1 aliphatic rings. The molecule has 0 aromatic heterocycles. The zero-order valence-corrected chi connectivity index (χ0v) is 14.2. The van der Waals surface area contributed by atoms with E-state index in [0.717, 1.165) is 5.56 Å². The van der Waals surface area contributed by atoms with Gasteiger partial charge in [0.15, 0.2) is 6.61 Å². The molecular weight excluding hydrogens is 326 g/mol. The van der Waals surface area contributed by atoms with Gasteiger partial charge in [0, 0.05) is 5.69 Å². The fraction of sp³-hybridized carbons (Fsp3) is 0.389. The summed E-state index contributed by atoms with van der Waals surface area (Å²) in [7, 11) is 1.28. The van der Waals surface area contributed by atoms with Crippen LogP contribution in [0.5, 0.6) is 5.75 Å². The molecule has 1 aromatic rings. The summed E-state index contributed by atoms with van der Waals surface area (Å²) in [5.74, 6) is -2.61. The Bertz CT molecular complexity index is 697. The van der Waals surface area contributed by atoms with Crippen LogP contribution in [-0.2, 0) is 19.1 Å². The third-order valence-corrected chi connectivity index (χ3v) is 4.13. The Morgan fingerprint density at radius 2 is 1.88 bits per heavy atom. The predicted molar refractivity (Wildman–Crippen MR) is 90.3 cm³/mol. The molecule has 7 nitrogen and oxygen atoms in total. The van der Waals surface area contributed by atoms with Crippen LogP contribution in [0, 0.1) is 18.8 Å². The lowest BCUT2D eigenvalue weighted by Crippen LogP contribution is -2.34. The largest absolute Gasteiger partial charge is 0.482 e. The molecule has 0 heterocycles. The second-order valence-corrected chi connectivity index (χ2v) is 5.82. The number of methoxy groups -OCH3 is 1. The number of carboxylic acids is 1. The molecule has 0 aliphatic heterocycles. The van der Waals surface area contributed by atoms with Crippen LogP contribution >= 0.6 is 0 Å². The Hall–Kier alpha value is -2.83. The monoisotopic (exact) mass is 347 g/mol. The molecule has 1 amide bonds. The van der Waals surface area contributed by atoms with Crippen LogP contribution in [0.1, 0.15) is 18.4 Å². The molecule has 2 atom stereocenters. The Morgan fingerprint density at radius 3 is 2.48 bits per heavy atom. The lowest BCUT2D eigenvalue weighted by Gasteiger charge is -2.24. The van der Waals surface area contributed by atoms with Gasteiger partial charge in [0.1, 0.15) is 5.75 Å². The van der Waals surface area contributed by atoms with Crippen molar-refractivity contribution in [2.45, 2.75) is 19.8 Å². The SMILES string of the molecule is COC(=O)COc1ccc(NC(=O)[C@@H]2CC=CC[C@@H]2C(=O)O)c(C)c1. The maximum atomic E-state index is 12.5. The smallest absolute Gasteiger partial charge is 0.343 e. The van der Waals surface area contributed by atoms with Crippen molar-refractivity contribution in [2.24, 2.45) is 11.8 Å². The number of rotatable bonds is 6. The average molecular weight is 347 g/mol. The van der Waals surface area contributed by atoms with E-state index in [1.54, 1.807) is 31.2 Å². The first-order valence-corrected chi connectivity index (χ1v) is 7.91. The lowest BCUT2D eigenvalue weighted by molar-refractivity contribution is -0.146. The van der Waals surface area contributed by atoms with Crippen LogP contribution in [0.2, 0.25) is 0 Å². The zero-order chi connectivity index (χ0) is 18.4. The maximum absolute atomic E-state index is 12.5. The highest BCUT2D eigenvalue weighted by atomic mass is 16.6. The van der Waals surface area contributed by atoms with Crippen LogP contribution in [0.15, 0.2) is 30.4 Å². The van der Waals surface area contributed by atoms with Crippen LogP contribution in [0.25, 0.3) is 0 Å². The summed E-state index contributed by atoms with van der Waals surface area (Å²) in [6.07, 6.45) is 4.39. The van der Waals surface area contributed by atoms with Gasteiger partial charge in [-0.25, -0.2) is 4.79 Å². The van der Waals surface area contributed by atoms with E-state index in [0.29, 0.717) is 24.3 Å². The summed E-state index contributed by atoms with van der Waals surface area (Å²) >= 11 is 0. The minimum absolute atomic E-state index is 0.198. The summed E-state index contributed by atoms with van der Waals surface area (Å²) < 4.78 is 9.79. The molecule has 0 saturated heterocycles. The van der Waals surface area contributed by atoms with Gasteiger partial charge < -0.3 is 19.9 Å². The van der Waals surface area contributed by atoms with E-state index >= 15 is 0 Å². The van der Waals surface area contributed by atoms with Gasteiger partial charge in [-0.2, -0.15) is 0 Å². The molecule has 0 spiro atoms. The molecule has 1 aliphatic carbocycles. The minimum atomic E-state index is -0.965. The van der Waals surface area contributed by atoms with Gasteiger partial charge in [0.2, 0.25) is 5.91 Å². The normalized spacial score (nSPS) is 19.1. The number of anilines is 1. The number of benzene rings is 1. The molecule has 1 aromatic carbocycles. The van der Waals surface area contributed by atoms with E-state index in [4.69, 9.17) is 4.74 Å². The van der Waals surface area contributed by atoms with E-state index in [9.17, 15) is 19.5 Å². The maximum Gasteiger partial charge on any atom is 0.343 e. The fourth-order valence-corrected chi connectivity index (χ4v) is 2.67. The van der Waals surface area contributed by atoms with Gasteiger partial charge in [-0.3, -0.25) is 9.59 Å². The third-order valence-electron chi connectivity index (χ3n) is 4.13. The summed E-state index contributed by atoms with van der Waals surface area (Å²) in [5, 5.41) is 12.1. The second kappa shape index (κ2) is 8.32. The van der Waals surface area contributed by atoms with Crippen LogP contribution in [-0.4, -0.2) is 36.7 Å². The van der Waals surface area contributed by atoms with Gasteiger partial charge >= 0.3 is 11.9 Å². The second-order valence-electron chi connectivity index (χ2n) is 5.82. The number of carbonyl (C=O) groups is 3. The molecule has 25 heavy (non-hydrogen) atoms. The Labute approximate surface area is 145 Å². The highest BCUT2D eigenvalue weighted by Gasteiger charge is 2.34. The molecule has 0 saturated carbocycles. The van der Waals surface area contributed by atoms with Crippen molar-refractivity contribution < 1.29 is 29.0 Å². The summed E-state index contributed by atoms with van der Waals surface area (Å²) in [5.41, 5.74) is 1.32. The number of amides is 1. The van der Waals surface area contributed by atoms with E-state index in [2.05, 4.69) is 10.1 Å². The van der Waals surface area contributed by atoms with Crippen LogP contribution < -0.4 is 10.1 Å². The number of carboxylic acid groups (broad SMARTS) is 1. The molecule has 134 valence electrons. The van der Waals surface area contributed by atoms with Crippen molar-refractivity contribution in [1.29, 1.82) is 0 Å². The highest BCUT2D eigenvalue weighted by molar-refractivity contribution is 5.96. The van der Waals surface area contributed by atoms with Gasteiger partial charge in [0.05, 0.1) is 18.9 Å². The number of allylic oxidation sites excluding steroid dienone is 2. The minimum Gasteiger partial charge on any atom is -0.482 e. The highest BCUT2D eigenvalue weighted by Crippen LogP contribution is 2.28. The van der Waals surface area contributed by atoms with Crippen molar-refractivity contribution in [3.8, 4) is 5.75 Å². The summed E-state index contributed by atoms with van der Waals surface area (Å²) in [4.78, 5) is 34.9. The molecule has 0 unspecified atom stereocenters. The van der Waals surface area contributed by atoms with Crippen molar-refractivity contribution in [3.63, 3.8) is 0 Å². The molecule has 0 bridgehead atoms. The molecular formula is C18H21NO6. The van der Waals surface area contributed by atoms with Crippen molar-refractivity contribution >= 4 is 23.5 Å². The van der Waals surface area contributed by atoms with Crippen molar-refractivity contribution in [3.05, 3.63) is 35.9 Å². The molecule has 7 heteroatoms.